The molecule has 0 saturated heterocycles. The highest BCUT2D eigenvalue weighted by Crippen LogP contribution is 2.33. The van der Waals surface area contributed by atoms with Crippen molar-refractivity contribution in [3.05, 3.63) is 71.8 Å². The van der Waals surface area contributed by atoms with Gasteiger partial charge in [-0.2, -0.15) is 0 Å². The van der Waals surface area contributed by atoms with Crippen molar-refractivity contribution in [1.29, 1.82) is 0 Å². The van der Waals surface area contributed by atoms with E-state index in [-0.39, 0.29) is 11.1 Å². The zero-order chi connectivity index (χ0) is 22.4. The molecule has 3 aromatic rings. The lowest BCUT2D eigenvalue weighted by Crippen LogP contribution is -2.18. The molecule has 0 aliphatic carbocycles. The molecule has 0 atom stereocenters. The Balaban J connectivity index is 2.11. The maximum Gasteiger partial charge on any atom is 0.338 e. The average Bonchev–Trinajstić information content (AvgIpc) is 2.79. The van der Waals surface area contributed by atoms with Crippen LogP contribution in [0.15, 0.2) is 60.7 Å². The maximum atomic E-state index is 12.3. The second-order valence-corrected chi connectivity index (χ2v) is 6.51. The number of ether oxygens (including phenoxy) is 3. The first-order valence-electron chi connectivity index (χ1n) is 9.33. The number of anilines is 4. The summed E-state index contributed by atoms with van der Waals surface area (Å²) in [6, 6.07) is 17.6. The molecular formula is C23H23N3O5. The van der Waals surface area contributed by atoms with Crippen LogP contribution in [0.2, 0.25) is 0 Å². The largest absolute Gasteiger partial charge is 0.497 e. The summed E-state index contributed by atoms with van der Waals surface area (Å²) < 4.78 is 15.4. The number of carbonyl (C=O) groups is 2. The molecule has 0 aromatic heterocycles. The minimum Gasteiger partial charge on any atom is -0.497 e. The lowest BCUT2D eigenvalue weighted by atomic mass is 10.0. The standard InChI is InChI=1S/C23H23N3O5/c1-29-16-8-4-6-14(10-16)25-20-12-18(22(24)27)19(23(28)31-3)13-21(20)26-15-7-5-9-17(11-15)30-2/h4-13,25-26H,1-3H3,(H2,24,27). The lowest BCUT2D eigenvalue weighted by Gasteiger charge is -2.18. The number of hydrogen-bond acceptors (Lipinski definition) is 7. The summed E-state index contributed by atoms with van der Waals surface area (Å²) in [5, 5.41) is 6.49. The predicted octanol–water partition coefficient (Wildman–Crippen LogP) is 4.08. The molecule has 160 valence electrons. The van der Waals surface area contributed by atoms with E-state index in [0.29, 0.717) is 28.6 Å². The quantitative estimate of drug-likeness (QED) is 0.470. The zero-order valence-electron chi connectivity index (χ0n) is 17.4. The van der Waals surface area contributed by atoms with Gasteiger partial charge < -0.3 is 30.6 Å². The monoisotopic (exact) mass is 421 g/mol. The van der Waals surface area contributed by atoms with Crippen LogP contribution in [0.1, 0.15) is 20.7 Å². The van der Waals surface area contributed by atoms with Crippen LogP contribution in [0.3, 0.4) is 0 Å². The van der Waals surface area contributed by atoms with Crippen LogP contribution in [0.5, 0.6) is 11.5 Å². The summed E-state index contributed by atoms with van der Waals surface area (Å²) >= 11 is 0. The number of primary amides is 1. The second kappa shape index (κ2) is 9.53. The van der Waals surface area contributed by atoms with Gasteiger partial charge in [0.2, 0.25) is 5.91 Å². The minimum atomic E-state index is -0.748. The van der Waals surface area contributed by atoms with E-state index in [0.717, 1.165) is 5.69 Å². The highest BCUT2D eigenvalue weighted by Gasteiger charge is 2.20. The number of carbonyl (C=O) groups excluding carboxylic acids is 2. The predicted molar refractivity (Wildman–Crippen MR) is 119 cm³/mol. The summed E-state index contributed by atoms with van der Waals surface area (Å²) in [6.07, 6.45) is 0. The van der Waals surface area contributed by atoms with E-state index in [9.17, 15) is 9.59 Å². The Bertz CT molecular complexity index is 1110. The van der Waals surface area contributed by atoms with Gasteiger partial charge >= 0.3 is 5.97 Å². The maximum absolute atomic E-state index is 12.3. The van der Waals surface area contributed by atoms with Gasteiger partial charge in [0.15, 0.2) is 0 Å². The van der Waals surface area contributed by atoms with Crippen LogP contribution in [-0.2, 0) is 4.74 Å². The van der Waals surface area contributed by atoms with Gasteiger partial charge in [0.05, 0.1) is 43.8 Å². The van der Waals surface area contributed by atoms with Crippen molar-refractivity contribution in [3.63, 3.8) is 0 Å². The Hall–Kier alpha value is -4.20. The zero-order valence-corrected chi connectivity index (χ0v) is 17.4. The van der Waals surface area contributed by atoms with Crippen LogP contribution in [0.25, 0.3) is 0 Å². The Morgan fingerprint density at radius 2 is 1.23 bits per heavy atom. The first-order chi connectivity index (χ1) is 14.9. The molecule has 0 spiro atoms. The number of amides is 1. The number of hydrogen-bond donors (Lipinski definition) is 3. The number of nitrogens with two attached hydrogens (primary N) is 1. The fourth-order valence-corrected chi connectivity index (χ4v) is 3.00. The van der Waals surface area contributed by atoms with E-state index in [1.165, 1.54) is 19.2 Å². The van der Waals surface area contributed by atoms with Crippen molar-refractivity contribution in [1.82, 2.24) is 0 Å². The molecular weight excluding hydrogens is 398 g/mol. The van der Waals surface area contributed by atoms with Gasteiger partial charge in [-0.1, -0.05) is 12.1 Å². The third-order valence-electron chi connectivity index (χ3n) is 4.53. The highest BCUT2D eigenvalue weighted by molar-refractivity contribution is 6.07. The smallest absolute Gasteiger partial charge is 0.338 e. The molecule has 0 unspecified atom stereocenters. The van der Waals surface area contributed by atoms with E-state index in [1.54, 1.807) is 26.4 Å². The molecule has 0 aliphatic rings. The molecule has 8 nitrogen and oxygen atoms in total. The van der Waals surface area contributed by atoms with Crippen LogP contribution in [0, 0.1) is 0 Å². The number of nitrogens with one attached hydrogen (secondary N) is 2. The van der Waals surface area contributed by atoms with E-state index in [2.05, 4.69) is 10.6 Å². The Kier molecular flexibility index (Phi) is 6.61. The molecule has 1 amide bonds. The van der Waals surface area contributed by atoms with Crippen molar-refractivity contribution in [2.24, 2.45) is 5.73 Å². The molecule has 0 bridgehead atoms. The Labute approximate surface area is 179 Å². The number of rotatable bonds is 8. The van der Waals surface area contributed by atoms with E-state index in [4.69, 9.17) is 19.9 Å². The average molecular weight is 421 g/mol. The van der Waals surface area contributed by atoms with Gasteiger partial charge in [0.25, 0.3) is 0 Å². The van der Waals surface area contributed by atoms with Crippen molar-refractivity contribution in [2.45, 2.75) is 0 Å². The van der Waals surface area contributed by atoms with E-state index >= 15 is 0 Å². The molecule has 3 aromatic carbocycles. The van der Waals surface area contributed by atoms with Gasteiger partial charge in [0, 0.05) is 23.5 Å². The second-order valence-electron chi connectivity index (χ2n) is 6.51. The normalized spacial score (nSPS) is 10.2. The molecule has 3 rings (SSSR count). The summed E-state index contributed by atoms with van der Waals surface area (Å²) in [7, 11) is 4.39. The Morgan fingerprint density at radius 1 is 0.742 bits per heavy atom. The van der Waals surface area contributed by atoms with Crippen LogP contribution < -0.4 is 25.8 Å². The molecule has 4 N–H and O–H groups in total. The Morgan fingerprint density at radius 3 is 1.65 bits per heavy atom. The van der Waals surface area contributed by atoms with E-state index in [1.807, 2.05) is 36.4 Å². The number of methoxy groups -OCH3 is 3. The third-order valence-corrected chi connectivity index (χ3v) is 4.53. The summed E-state index contributed by atoms with van der Waals surface area (Å²) in [5.41, 5.74) is 8.10. The van der Waals surface area contributed by atoms with Crippen molar-refractivity contribution in [3.8, 4) is 11.5 Å². The summed E-state index contributed by atoms with van der Waals surface area (Å²) in [4.78, 5) is 24.3. The molecule has 0 fully saturated rings. The fourth-order valence-electron chi connectivity index (χ4n) is 3.00. The molecule has 0 aliphatic heterocycles. The highest BCUT2D eigenvalue weighted by atomic mass is 16.5. The van der Waals surface area contributed by atoms with Crippen LogP contribution >= 0.6 is 0 Å². The topological polar surface area (TPSA) is 112 Å². The molecule has 0 radical (unpaired) electrons. The van der Waals surface area contributed by atoms with Gasteiger partial charge in [-0.25, -0.2) is 4.79 Å². The van der Waals surface area contributed by atoms with Gasteiger partial charge in [-0.3, -0.25) is 4.79 Å². The van der Waals surface area contributed by atoms with Gasteiger partial charge in [0.1, 0.15) is 11.5 Å². The van der Waals surface area contributed by atoms with Crippen LogP contribution in [0.4, 0.5) is 22.7 Å². The van der Waals surface area contributed by atoms with Crippen molar-refractivity contribution < 1.29 is 23.8 Å². The van der Waals surface area contributed by atoms with E-state index < -0.39 is 11.9 Å². The van der Waals surface area contributed by atoms with Crippen molar-refractivity contribution >= 4 is 34.6 Å². The summed E-state index contributed by atoms with van der Waals surface area (Å²) in [5.74, 6) is -0.0969. The molecule has 0 saturated carbocycles. The van der Waals surface area contributed by atoms with Gasteiger partial charge in [-0.15, -0.1) is 0 Å². The SMILES string of the molecule is COC(=O)c1cc(Nc2cccc(OC)c2)c(Nc2cccc(OC)c2)cc1C(N)=O. The summed E-state index contributed by atoms with van der Waals surface area (Å²) in [6.45, 7) is 0. The molecule has 0 heterocycles. The lowest BCUT2D eigenvalue weighted by molar-refractivity contribution is 0.0597. The first-order valence-corrected chi connectivity index (χ1v) is 9.33. The number of esters is 1. The van der Waals surface area contributed by atoms with Crippen molar-refractivity contribution in [2.75, 3.05) is 32.0 Å². The third kappa shape index (κ3) is 5.05. The fraction of sp³-hybridized carbons (Fsp3) is 0.130. The van der Waals surface area contributed by atoms with Gasteiger partial charge in [-0.05, 0) is 36.4 Å². The number of benzene rings is 3. The molecule has 31 heavy (non-hydrogen) atoms. The minimum absolute atomic E-state index is 0.0356. The van der Waals surface area contributed by atoms with Crippen LogP contribution in [-0.4, -0.2) is 33.2 Å². The first kappa shape index (κ1) is 21.5. The molecule has 8 heteroatoms.